The normalized spacial score (nSPS) is 11.4. The maximum atomic E-state index is 12.2. The maximum absolute atomic E-state index is 12.2. The number of aromatic nitrogens is 1. The highest BCUT2D eigenvalue weighted by atomic mass is 35.5. The molecule has 148 valence electrons. The highest BCUT2D eigenvalue weighted by Gasteiger charge is 2.14. The number of aryl methyl sites for hydroxylation is 2. The van der Waals surface area contributed by atoms with Crippen molar-refractivity contribution in [3.05, 3.63) is 87.5 Å². The van der Waals surface area contributed by atoms with Gasteiger partial charge in [-0.2, -0.15) is 9.72 Å². The van der Waals surface area contributed by atoms with Crippen LogP contribution in [0.15, 0.2) is 59.6 Å². The first-order valence-corrected chi connectivity index (χ1v) is 9.30. The minimum atomic E-state index is -0.903. The van der Waals surface area contributed by atoms with E-state index in [9.17, 15) is 14.8 Å². The van der Waals surface area contributed by atoms with Crippen LogP contribution in [0, 0.1) is 20.8 Å². The lowest BCUT2D eigenvalue weighted by molar-refractivity contribution is 0.0965. The number of nitrogens with one attached hydrogen (secondary N) is 1. The van der Waals surface area contributed by atoms with Gasteiger partial charge in [-0.3, -0.25) is 10.1 Å². The minimum absolute atomic E-state index is 0.0142. The molecule has 0 saturated heterocycles. The Morgan fingerprint density at radius 3 is 2.34 bits per heavy atom. The Morgan fingerprint density at radius 1 is 1.03 bits per heavy atom. The predicted octanol–water partition coefficient (Wildman–Crippen LogP) is 4.42. The van der Waals surface area contributed by atoms with Gasteiger partial charge in [-0.15, -0.1) is 0 Å². The van der Waals surface area contributed by atoms with Crippen molar-refractivity contribution < 1.29 is 14.8 Å². The Labute approximate surface area is 173 Å². The van der Waals surface area contributed by atoms with E-state index in [-0.39, 0.29) is 16.1 Å². The highest BCUT2D eigenvalue weighted by molar-refractivity contribution is 6.34. The van der Waals surface area contributed by atoms with Gasteiger partial charge in [0.25, 0.3) is 5.91 Å². The second-order valence-electron chi connectivity index (χ2n) is 6.67. The van der Waals surface area contributed by atoms with Gasteiger partial charge in [0.05, 0.1) is 16.3 Å². The SMILES string of the molecule is Cc1ccc(-c2c(C)cc(=NC(=O)NC(=O)c3ccccc3Cl)n(O)c2C)cc1. The number of hydrogen-bond donors (Lipinski definition) is 2. The molecule has 0 bridgehead atoms. The number of nitrogens with zero attached hydrogens (tertiary/aromatic N) is 2. The first-order chi connectivity index (χ1) is 13.8. The molecular formula is C22H20ClN3O3. The Bertz CT molecular complexity index is 1160. The van der Waals surface area contributed by atoms with Crippen molar-refractivity contribution in [2.45, 2.75) is 20.8 Å². The van der Waals surface area contributed by atoms with Gasteiger partial charge in [-0.25, -0.2) is 4.79 Å². The lowest BCUT2D eigenvalue weighted by Crippen LogP contribution is -2.32. The van der Waals surface area contributed by atoms with E-state index in [2.05, 4.69) is 10.3 Å². The van der Waals surface area contributed by atoms with E-state index in [1.165, 1.54) is 6.07 Å². The number of carbonyl (C=O) groups excluding carboxylic acids is 2. The minimum Gasteiger partial charge on any atom is -0.427 e. The van der Waals surface area contributed by atoms with Gasteiger partial charge in [0.15, 0.2) is 5.49 Å². The molecule has 2 aromatic carbocycles. The molecule has 0 aliphatic carbocycles. The summed E-state index contributed by atoms with van der Waals surface area (Å²) < 4.78 is 0.835. The van der Waals surface area contributed by atoms with Crippen molar-refractivity contribution in [3.63, 3.8) is 0 Å². The number of benzene rings is 2. The molecule has 0 atom stereocenters. The van der Waals surface area contributed by atoms with Crippen molar-refractivity contribution in [1.29, 1.82) is 0 Å². The summed E-state index contributed by atoms with van der Waals surface area (Å²) in [6, 6.07) is 15.0. The lowest BCUT2D eigenvalue weighted by atomic mass is 9.98. The largest absolute Gasteiger partial charge is 0.427 e. The molecule has 1 aromatic heterocycles. The van der Waals surface area contributed by atoms with Crippen LogP contribution in [0.25, 0.3) is 11.1 Å². The Hall–Kier alpha value is -3.38. The lowest BCUT2D eigenvalue weighted by Gasteiger charge is -2.14. The molecule has 0 aliphatic rings. The number of amides is 3. The summed E-state index contributed by atoms with van der Waals surface area (Å²) in [7, 11) is 0. The Morgan fingerprint density at radius 2 is 1.69 bits per heavy atom. The van der Waals surface area contributed by atoms with Crippen molar-refractivity contribution in [3.8, 4) is 11.1 Å². The molecule has 0 fully saturated rings. The summed E-state index contributed by atoms with van der Waals surface area (Å²) in [5.41, 5.74) is 4.46. The van der Waals surface area contributed by atoms with E-state index in [0.29, 0.717) is 5.69 Å². The fraction of sp³-hybridized carbons (Fsp3) is 0.136. The van der Waals surface area contributed by atoms with Crippen molar-refractivity contribution in [1.82, 2.24) is 10.0 Å². The number of carbonyl (C=O) groups is 2. The number of pyridine rings is 1. The van der Waals surface area contributed by atoms with Crippen LogP contribution in [0.5, 0.6) is 0 Å². The maximum Gasteiger partial charge on any atom is 0.349 e. The number of hydrogen-bond acceptors (Lipinski definition) is 3. The van der Waals surface area contributed by atoms with E-state index in [4.69, 9.17) is 11.6 Å². The van der Waals surface area contributed by atoms with Crippen LogP contribution >= 0.6 is 11.6 Å². The third kappa shape index (κ3) is 4.38. The molecule has 3 rings (SSSR count). The molecule has 7 heteroatoms. The molecule has 0 spiro atoms. The summed E-state index contributed by atoms with van der Waals surface area (Å²) in [4.78, 5) is 28.2. The van der Waals surface area contributed by atoms with Crippen LogP contribution in [0.3, 0.4) is 0 Å². The molecule has 2 N–H and O–H groups in total. The number of urea groups is 1. The Kier molecular flexibility index (Phi) is 5.84. The van der Waals surface area contributed by atoms with E-state index in [1.54, 1.807) is 31.2 Å². The van der Waals surface area contributed by atoms with Crippen LogP contribution in [-0.4, -0.2) is 21.9 Å². The highest BCUT2D eigenvalue weighted by Crippen LogP contribution is 2.25. The third-order valence-electron chi connectivity index (χ3n) is 4.53. The van der Waals surface area contributed by atoms with Crippen LogP contribution in [0.4, 0.5) is 4.79 Å². The van der Waals surface area contributed by atoms with Gasteiger partial charge in [-0.05, 0) is 50.1 Å². The third-order valence-corrected chi connectivity index (χ3v) is 4.86. The second kappa shape index (κ2) is 8.32. The number of halogens is 1. The van der Waals surface area contributed by atoms with Crippen LogP contribution in [-0.2, 0) is 0 Å². The molecule has 1 heterocycles. The van der Waals surface area contributed by atoms with Crippen molar-refractivity contribution >= 4 is 23.5 Å². The molecule has 6 nitrogen and oxygen atoms in total. The fourth-order valence-electron chi connectivity index (χ4n) is 3.07. The molecule has 0 saturated carbocycles. The van der Waals surface area contributed by atoms with Crippen molar-refractivity contribution in [2.75, 3.05) is 0 Å². The standard InChI is InChI=1S/C22H20ClN3O3/c1-13-8-10-16(11-9-13)20-14(2)12-19(26(29)15(20)3)24-22(28)25-21(27)17-6-4-5-7-18(17)23/h4-12,29H,1-3H3,(H,25,27,28). The number of rotatable bonds is 2. The second-order valence-corrected chi connectivity index (χ2v) is 7.08. The quantitative estimate of drug-likeness (QED) is 0.614. The summed E-state index contributed by atoms with van der Waals surface area (Å²) in [6.07, 6.45) is 0. The van der Waals surface area contributed by atoms with Crippen LogP contribution in [0.1, 0.15) is 27.2 Å². The van der Waals surface area contributed by atoms with Gasteiger partial charge in [-0.1, -0.05) is 53.6 Å². The summed E-state index contributed by atoms with van der Waals surface area (Å²) in [5.74, 6) is -0.668. The monoisotopic (exact) mass is 409 g/mol. The predicted molar refractivity (Wildman–Crippen MR) is 111 cm³/mol. The van der Waals surface area contributed by atoms with E-state index in [1.807, 2.05) is 38.1 Å². The molecule has 0 radical (unpaired) electrons. The molecule has 29 heavy (non-hydrogen) atoms. The van der Waals surface area contributed by atoms with Gasteiger partial charge in [0, 0.05) is 5.56 Å². The smallest absolute Gasteiger partial charge is 0.349 e. The average molecular weight is 410 g/mol. The van der Waals surface area contributed by atoms with Gasteiger partial charge in [0.1, 0.15) is 0 Å². The summed E-state index contributed by atoms with van der Waals surface area (Å²) in [5, 5.41) is 12.9. The van der Waals surface area contributed by atoms with Gasteiger partial charge in [0.2, 0.25) is 0 Å². The summed E-state index contributed by atoms with van der Waals surface area (Å²) in [6.45, 7) is 5.60. The first-order valence-electron chi connectivity index (χ1n) is 8.92. The zero-order valence-electron chi connectivity index (χ0n) is 16.2. The molecule has 3 aromatic rings. The summed E-state index contributed by atoms with van der Waals surface area (Å²) >= 11 is 5.97. The fourth-order valence-corrected chi connectivity index (χ4v) is 3.29. The number of imide groups is 1. The van der Waals surface area contributed by atoms with Crippen LogP contribution < -0.4 is 10.8 Å². The topological polar surface area (TPSA) is 83.7 Å². The van der Waals surface area contributed by atoms with Gasteiger partial charge < -0.3 is 5.21 Å². The molecular weight excluding hydrogens is 390 g/mol. The molecule has 0 aliphatic heterocycles. The Balaban J connectivity index is 1.93. The molecule has 3 amide bonds. The van der Waals surface area contributed by atoms with Crippen molar-refractivity contribution in [2.24, 2.45) is 4.99 Å². The van der Waals surface area contributed by atoms with Gasteiger partial charge >= 0.3 is 6.03 Å². The van der Waals surface area contributed by atoms with E-state index < -0.39 is 11.9 Å². The molecule has 0 unspecified atom stereocenters. The van der Waals surface area contributed by atoms with E-state index in [0.717, 1.165) is 27.0 Å². The van der Waals surface area contributed by atoms with E-state index >= 15 is 0 Å². The van der Waals surface area contributed by atoms with Crippen LogP contribution in [0.2, 0.25) is 5.02 Å². The average Bonchev–Trinajstić information content (AvgIpc) is 2.67. The zero-order valence-corrected chi connectivity index (χ0v) is 17.0. The first kappa shape index (κ1) is 20.4. The zero-order chi connectivity index (χ0) is 21.1.